The number of imide groups is 1. The monoisotopic (exact) mass is 373 g/mol. The van der Waals surface area contributed by atoms with Crippen molar-refractivity contribution in [2.75, 3.05) is 12.0 Å². The third-order valence-electron chi connectivity index (χ3n) is 5.37. The Kier molecular flexibility index (Phi) is 4.43. The molecule has 0 saturated carbocycles. The van der Waals surface area contributed by atoms with Crippen LogP contribution in [-0.2, 0) is 33.4 Å². The summed E-state index contributed by atoms with van der Waals surface area (Å²) in [4.78, 5) is 50.0. The number of carbonyl (C=O) groups is 4. The number of ether oxygens (including phenoxy) is 3. The highest BCUT2D eigenvalue weighted by molar-refractivity contribution is 6.22. The van der Waals surface area contributed by atoms with Gasteiger partial charge in [0.25, 0.3) is 0 Å². The molecule has 5 unspecified atom stereocenters. The van der Waals surface area contributed by atoms with Crippen LogP contribution in [0.15, 0.2) is 30.3 Å². The normalized spacial score (nSPS) is 31.1. The lowest BCUT2D eigenvalue weighted by Crippen LogP contribution is -2.41. The molecule has 3 saturated heterocycles. The number of hydrogen-bond acceptors (Lipinski definition) is 7. The number of rotatable bonds is 5. The first-order valence-corrected chi connectivity index (χ1v) is 8.86. The van der Waals surface area contributed by atoms with E-state index in [0.717, 1.165) is 0 Å². The molecule has 8 heteroatoms. The van der Waals surface area contributed by atoms with Crippen molar-refractivity contribution in [2.45, 2.75) is 37.6 Å². The van der Waals surface area contributed by atoms with E-state index in [4.69, 9.17) is 9.47 Å². The molecule has 2 bridgehead atoms. The van der Waals surface area contributed by atoms with Crippen LogP contribution in [0.5, 0.6) is 0 Å². The van der Waals surface area contributed by atoms with E-state index in [1.54, 1.807) is 24.3 Å². The fourth-order valence-corrected chi connectivity index (χ4v) is 4.19. The van der Waals surface area contributed by atoms with Gasteiger partial charge in [0.1, 0.15) is 12.2 Å². The van der Waals surface area contributed by atoms with E-state index in [0.29, 0.717) is 12.1 Å². The Morgan fingerprint density at radius 1 is 1.07 bits per heavy atom. The molecule has 4 rings (SSSR count). The van der Waals surface area contributed by atoms with Crippen molar-refractivity contribution in [3.63, 3.8) is 0 Å². The zero-order valence-corrected chi connectivity index (χ0v) is 14.7. The predicted molar refractivity (Wildman–Crippen MR) is 90.3 cm³/mol. The molecule has 1 aromatic rings. The molecular formula is C19H19NO7. The summed E-state index contributed by atoms with van der Waals surface area (Å²) in [7, 11) is 1.25. The lowest BCUT2D eigenvalue weighted by molar-refractivity contribution is -0.156. The molecule has 0 N–H and O–H groups in total. The van der Waals surface area contributed by atoms with Crippen LogP contribution >= 0.6 is 0 Å². The van der Waals surface area contributed by atoms with Gasteiger partial charge in [-0.1, -0.05) is 18.2 Å². The van der Waals surface area contributed by atoms with E-state index >= 15 is 0 Å². The van der Waals surface area contributed by atoms with Crippen LogP contribution in [0.25, 0.3) is 0 Å². The fraction of sp³-hybridized carbons (Fsp3) is 0.474. The summed E-state index contributed by atoms with van der Waals surface area (Å²) < 4.78 is 15.7. The SMILES string of the molecule is COC(=O)CCC(=O)OC1CC2OC1C1C(=O)N(c3ccccc3)C(=O)C21. The molecule has 8 nitrogen and oxygen atoms in total. The molecule has 3 fully saturated rings. The van der Waals surface area contributed by atoms with E-state index in [9.17, 15) is 19.2 Å². The largest absolute Gasteiger partial charge is 0.469 e. The number of methoxy groups -OCH3 is 1. The van der Waals surface area contributed by atoms with Crippen LogP contribution in [0.2, 0.25) is 0 Å². The minimum atomic E-state index is -0.644. The summed E-state index contributed by atoms with van der Waals surface area (Å²) in [6.45, 7) is 0. The van der Waals surface area contributed by atoms with Crippen LogP contribution in [0, 0.1) is 11.8 Å². The zero-order valence-electron chi connectivity index (χ0n) is 14.7. The highest BCUT2D eigenvalue weighted by Crippen LogP contribution is 2.50. The van der Waals surface area contributed by atoms with Crippen LogP contribution < -0.4 is 4.90 Å². The Labute approximate surface area is 155 Å². The van der Waals surface area contributed by atoms with Crippen molar-refractivity contribution in [2.24, 2.45) is 11.8 Å². The molecule has 0 aromatic heterocycles. The van der Waals surface area contributed by atoms with Gasteiger partial charge >= 0.3 is 11.9 Å². The van der Waals surface area contributed by atoms with E-state index in [1.807, 2.05) is 6.07 Å². The maximum absolute atomic E-state index is 12.9. The first-order valence-electron chi connectivity index (χ1n) is 8.86. The predicted octanol–water partition coefficient (Wildman–Crippen LogP) is 0.828. The smallest absolute Gasteiger partial charge is 0.306 e. The molecule has 3 heterocycles. The fourth-order valence-electron chi connectivity index (χ4n) is 4.19. The molecule has 142 valence electrons. The van der Waals surface area contributed by atoms with Crippen molar-refractivity contribution in [1.29, 1.82) is 0 Å². The Morgan fingerprint density at radius 3 is 2.44 bits per heavy atom. The van der Waals surface area contributed by atoms with Crippen LogP contribution in [0.4, 0.5) is 5.69 Å². The first-order chi connectivity index (χ1) is 13.0. The van der Waals surface area contributed by atoms with E-state index in [1.165, 1.54) is 12.0 Å². The maximum Gasteiger partial charge on any atom is 0.306 e. The molecular weight excluding hydrogens is 354 g/mol. The average Bonchev–Trinajstić information content (AvgIpc) is 3.31. The summed E-state index contributed by atoms with van der Waals surface area (Å²) in [6, 6.07) is 8.77. The number of amides is 2. The summed E-state index contributed by atoms with van der Waals surface area (Å²) in [6.07, 6.45) is -1.46. The zero-order chi connectivity index (χ0) is 19.1. The number of fused-ring (bicyclic) bond motifs is 5. The Hall–Kier alpha value is -2.74. The van der Waals surface area contributed by atoms with Gasteiger partial charge in [-0.05, 0) is 12.1 Å². The number of hydrogen-bond donors (Lipinski definition) is 0. The first kappa shape index (κ1) is 17.7. The summed E-state index contributed by atoms with van der Waals surface area (Å²) in [5, 5.41) is 0. The molecule has 2 amide bonds. The Bertz CT molecular complexity index is 793. The van der Waals surface area contributed by atoms with Gasteiger partial charge in [-0.25, -0.2) is 4.90 Å². The van der Waals surface area contributed by atoms with Gasteiger partial charge in [-0.3, -0.25) is 19.2 Å². The molecule has 27 heavy (non-hydrogen) atoms. The topological polar surface area (TPSA) is 99.2 Å². The van der Waals surface area contributed by atoms with Crippen molar-refractivity contribution in [3.05, 3.63) is 30.3 Å². The third-order valence-corrected chi connectivity index (χ3v) is 5.37. The lowest BCUT2D eigenvalue weighted by Gasteiger charge is -2.25. The van der Waals surface area contributed by atoms with Crippen molar-refractivity contribution in [1.82, 2.24) is 0 Å². The van der Waals surface area contributed by atoms with Crippen LogP contribution in [0.3, 0.4) is 0 Å². The van der Waals surface area contributed by atoms with Gasteiger partial charge in [-0.15, -0.1) is 0 Å². The number of esters is 2. The Balaban J connectivity index is 1.45. The average molecular weight is 373 g/mol. The molecule has 1 aromatic carbocycles. The number of carbonyl (C=O) groups excluding carboxylic acids is 4. The summed E-state index contributed by atoms with van der Waals surface area (Å²) in [5.74, 6) is -2.80. The second-order valence-corrected chi connectivity index (χ2v) is 6.88. The van der Waals surface area contributed by atoms with Gasteiger partial charge in [0.05, 0.1) is 43.6 Å². The minimum Gasteiger partial charge on any atom is -0.469 e. The second-order valence-electron chi connectivity index (χ2n) is 6.88. The number of anilines is 1. The second kappa shape index (κ2) is 6.77. The maximum atomic E-state index is 12.9. The highest BCUT2D eigenvalue weighted by Gasteiger charge is 2.66. The molecule has 5 atom stereocenters. The third kappa shape index (κ3) is 2.90. The van der Waals surface area contributed by atoms with E-state index < -0.39 is 42.1 Å². The number of para-hydroxylation sites is 1. The molecule has 0 spiro atoms. The van der Waals surface area contributed by atoms with Gasteiger partial charge in [0, 0.05) is 6.42 Å². The Morgan fingerprint density at radius 2 is 1.74 bits per heavy atom. The van der Waals surface area contributed by atoms with E-state index in [-0.39, 0.29) is 24.7 Å². The van der Waals surface area contributed by atoms with Crippen LogP contribution in [0.1, 0.15) is 19.3 Å². The number of benzene rings is 1. The number of nitrogens with zero attached hydrogens (tertiary/aromatic N) is 1. The molecule has 0 radical (unpaired) electrons. The van der Waals surface area contributed by atoms with Gasteiger partial charge < -0.3 is 14.2 Å². The van der Waals surface area contributed by atoms with Crippen LogP contribution in [-0.4, -0.2) is 49.2 Å². The summed E-state index contributed by atoms with van der Waals surface area (Å²) >= 11 is 0. The highest BCUT2D eigenvalue weighted by atomic mass is 16.6. The molecule has 3 aliphatic heterocycles. The minimum absolute atomic E-state index is 0.0672. The lowest BCUT2D eigenvalue weighted by atomic mass is 9.79. The van der Waals surface area contributed by atoms with Gasteiger partial charge in [0.2, 0.25) is 11.8 Å². The molecule has 3 aliphatic rings. The van der Waals surface area contributed by atoms with Gasteiger partial charge in [0.15, 0.2) is 0 Å². The van der Waals surface area contributed by atoms with E-state index in [2.05, 4.69) is 4.74 Å². The summed E-state index contributed by atoms with van der Waals surface area (Å²) in [5.41, 5.74) is 0.535. The van der Waals surface area contributed by atoms with Gasteiger partial charge in [-0.2, -0.15) is 0 Å². The van der Waals surface area contributed by atoms with Crippen molar-refractivity contribution >= 4 is 29.4 Å². The quantitative estimate of drug-likeness (QED) is 0.557. The molecule has 0 aliphatic carbocycles. The van der Waals surface area contributed by atoms with Crippen molar-refractivity contribution < 1.29 is 33.4 Å². The standard InChI is InChI=1S/C19H19NO7/c1-25-13(21)7-8-14(22)26-12-9-11-15-16(17(12)27-11)19(24)20(18(15)23)10-5-3-2-4-6-10/h2-6,11-12,15-17H,7-9H2,1H3. The van der Waals surface area contributed by atoms with Crippen molar-refractivity contribution in [3.8, 4) is 0 Å².